The van der Waals surface area contributed by atoms with E-state index < -0.39 is 15.9 Å². The van der Waals surface area contributed by atoms with Gasteiger partial charge in [-0.15, -0.1) is 0 Å². The Morgan fingerprint density at radius 2 is 2.25 bits per heavy atom. The highest BCUT2D eigenvalue weighted by Gasteiger charge is 2.17. The largest absolute Gasteiger partial charge is 0.431 e. The fourth-order valence-electron chi connectivity index (χ4n) is 1.05. The summed E-state index contributed by atoms with van der Waals surface area (Å²) >= 11 is 0. The van der Waals surface area contributed by atoms with E-state index in [1.54, 1.807) is 13.8 Å². The van der Waals surface area contributed by atoms with Gasteiger partial charge in [0, 0.05) is 0 Å². The van der Waals surface area contributed by atoms with E-state index in [1.165, 1.54) is 0 Å². The van der Waals surface area contributed by atoms with Crippen molar-refractivity contribution in [3.8, 4) is 0 Å². The minimum atomic E-state index is -3.50. The van der Waals surface area contributed by atoms with Crippen LogP contribution in [-0.4, -0.2) is 25.1 Å². The minimum absolute atomic E-state index is 0.0249. The fourth-order valence-corrected chi connectivity index (χ4v) is 2.37. The van der Waals surface area contributed by atoms with Crippen molar-refractivity contribution >= 4 is 21.9 Å². The molecule has 1 aromatic heterocycles. The van der Waals surface area contributed by atoms with Gasteiger partial charge in [0.15, 0.2) is 5.69 Å². The number of oxazole rings is 1. The Morgan fingerprint density at radius 3 is 2.69 bits per heavy atom. The molecule has 0 bridgehead atoms. The molecule has 1 rings (SSSR count). The van der Waals surface area contributed by atoms with Gasteiger partial charge >= 0.3 is 6.01 Å². The SMILES string of the molecule is CC(C)CS(=O)(=O)Nc1nc(C(N)=O)co1. The van der Waals surface area contributed by atoms with Gasteiger partial charge in [0.05, 0.1) is 5.75 Å². The van der Waals surface area contributed by atoms with Gasteiger partial charge < -0.3 is 10.2 Å². The summed E-state index contributed by atoms with van der Waals surface area (Å²) in [4.78, 5) is 14.3. The second kappa shape index (κ2) is 4.52. The standard InChI is InChI=1S/C8H13N3O4S/c1-5(2)4-16(13,14)11-8-10-6(3-15-8)7(9)12/h3,5H,4H2,1-2H3,(H2,9,12)(H,10,11). The molecule has 0 saturated heterocycles. The third-order valence-electron chi connectivity index (χ3n) is 1.55. The number of nitrogens with two attached hydrogens (primary N) is 1. The first-order valence-electron chi connectivity index (χ1n) is 4.56. The number of carbonyl (C=O) groups is 1. The number of amides is 1. The molecule has 0 saturated carbocycles. The number of nitrogens with zero attached hydrogens (tertiary/aromatic N) is 1. The molecule has 0 fully saturated rings. The van der Waals surface area contributed by atoms with Crippen LogP contribution in [0.15, 0.2) is 10.7 Å². The molecule has 0 aliphatic rings. The second-order valence-corrected chi connectivity index (χ2v) is 5.45. The predicted molar refractivity (Wildman–Crippen MR) is 57.3 cm³/mol. The van der Waals surface area contributed by atoms with Gasteiger partial charge in [0.25, 0.3) is 5.91 Å². The van der Waals surface area contributed by atoms with E-state index in [0.717, 1.165) is 6.26 Å². The average molecular weight is 247 g/mol. The van der Waals surface area contributed by atoms with E-state index in [1.807, 2.05) is 0 Å². The maximum Gasteiger partial charge on any atom is 0.309 e. The normalized spacial score (nSPS) is 11.7. The maximum absolute atomic E-state index is 11.5. The lowest BCUT2D eigenvalue weighted by molar-refractivity contribution is 0.0995. The molecule has 0 aliphatic carbocycles. The van der Waals surface area contributed by atoms with Crippen LogP contribution in [0.25, 0.3) is 0 Å². The van der Waals surface area contributed by atoms with Crippen molar-refractivity contribution in [1.29, 1.82) is 0 Å². The molecule has 0 radical (unpaired) electrons. The quantitative estimate of drug-likeness (QED) is 0.769. The summed E-state index contributed by atoms with van der Waals surface area (Å²) < 4.78 is 29.8. The van der Waals surface area contributed by atoms with Crippen molar-refractivity contribution in [2.45, 2.75) is 13.8 Å². The van der Waals surface area contributed by atoms with E-state index in [0.29, 0.717) is 0 Å². The molecule has 8 heteroatoms. The molecule has 0 aliphatic heterocycles. The van der Waals surface area contributed by atoms with Crippen LogP contribution in [0.5, 0.6) is 0 Å². The van der Waals surface area contributed by atoms with E-state index in [9.17, 15) is 13.2 Å². The van der Waals surface area contributed by atoms with E-state index in [2.05, 4.69) is 9.71 Å². The predicted octanol–water partition coefficient (Wildman–Crippen LogP) is 0.171. The number of nitrogens with one attached hydrogen (secondary N) is 1. The Hall–Kier alpha value is -1.57. The van der Waals surface area contributed by atoms with Gasteiger partial charge in [-0.05, 0) is 5.92 Å². The topological polar surface area (TPSA) is 115 Å². The van der Waals surface area contributed by atoms with Gasteiger partial charge in [-0.2, -0.15) is 4.98 Å². The van der Waals surface area contributed by atoms with Crippen molar-refractivity contribution in [3.05, 3.63) is 12.0 Å². The number of anilines is 1. The summed E-state index contributed by atoms with van der Waals surface area (Å²) in [7, 11) is -3.50. The van der Waals surface area contributed by atoms with Crippen LogP contribution in [0.1, 0.15) is 24.3 Å². The third kappa shape index (κ3) is 3.54. The number of rotatable bonds is 5. The van der Waals surface area contributed by atoms with Gasteiger partial charge in [-0.1, -0.05) is 13.8 Å². The molecular weight excluding hydrogens is 234 g/mol. The van der Waals surface area contributed by atoms with Gasteiger partial charge in [0.1, 0.15) is 6.26 Å². The smallest absolute Gasteiger partial charge is 0.309 e. The summed E-state index contributed by atoms with van der Waals surface area (Å²) in [6.45, 7) is 3.53. The van der Waals surface area contributed by atoms with Crippen molar-refractivity contribution in [2.24, 2.45) is 11.7 Å². The first kappa shape index (κ1) is 12.5. The number of sulfonamides is 1. The molecule has 1 aromatic rings. The number of primary amides is 1. The van der Waals surface area contributed by atoms with Crippen molar-refractivity contribution in [1.82, 2.24) is 4.98 Å². The highest BCUT2D eigenvalue weighted by atomic mass is 32.2. The fraction of sp³-hybridized carbons (Fsp3) is 0.500. The van der Waals surface area contributed by atoms with E-state index in [-0.39, 0.29) is 23.4 Å². The lowest BCUT2D eigenvalue weighted by Gasteiger charge is -2.05. The molecule has 0 unspecified atom stereocenters. The van der Waals surface area contributed by atoms with Gasteiger partial charge in [-0.3, -0.25) is 4.79 Å². The van der Waals surface area contributed by atoms with Crippen LogP contribution >= 0.6 is 0 Å². The van der Waals surface area contributed by atoms with Crippen LogP contribution in [0.2, 0.25) is 0 Å². The maximum atomic E-state index is 11.5. The number of carbonyl (C=O) groups excluding carboxylic acids is 1. The third-order valence-corrected chi connectivity index (χ3v) is 3.14. The molecule has 1 amide bonds. The summed E-state index contributed by atoms with van der Waals surface area (Å²) in [6, 6.07) is -0.255. The van der Waals surface area contributed by atoms with Crippen molar-refractivity contribution in [2.75, 3.05) is 10.5 Å². The zero-order chi connectivity index (χ0) is 12.3. The van der Waals surface area contributed by atoms with E-state index in [4.69, 9.17) is 10.2 Å². The molecule has 7 nitrogen and oxygen atoms in total. The van der Waals surface area contributed by atoms with E-state index >= 15 is 0 Å². The first-order valence-corrected chi connectivity index (χ1v) is 6.21. The summed E-state index contributed by atoms with van der Waals surface area (Å²) in [5.41, 5.74) is 4.81. The monoisotopic (exact) mass is 247 g/mol. The molecule has 0 atom stereocenters. The lowest BCUT2D eigenvalue weighted by Crippen LogP contribution is -2.20. The number of hydrogen-bond acceptors (Lipinski definition) is 5. The average Bonchev–Trinajstić information content (AvgIpc) is 2.48. The molecule has 0 aromatic carbocycles. The van der Waals surface area contributed by atoms with Crippen LogP contribution in [-0.2, 0) is 10.0 Å². The highest BCUT2D eigenvalue weighted by Crippen LogP contribution is 2.10. The summed E-state index contributed by atoms with van der Waals surface area (Å²) in [5, 5.41) is 0. The lowest BCUT2D eigenvalue weighted by atomic mass is 10.3. The Kier molecular flexibility index (Phi) is 3.53. The van der Waals surface area contributed by atoms with Gasteiger partial charge in [0.2, 0.25) is 10.0 Å². The summed E-state index contributed by atoms with van der Waals surface area (Å²) in [6.07, 6.45) is 0.996. The highest BCUT2D eigenvalue weighted by molar-refractivity contribution is 7.92. The molecule has 0 spiro atoms. The Labute approximate surface area is 93.1 Å². The minimum Gasteiger partial charge on any atom is -0.431 e. The number of aromatic nitrogens is 1. The Morgan fingerprint density at radius 1 is 1.62 bits per heavy atom. The van der Waals surface area contributed by atoms with Crippen LogP contribution in [0.3, 0.4) is 0 Å². The molecule has 16 heavy (non-hydrogen) atoms. The first-order chi connectivity index (χ1) is 7.30. The zero-order valence-corrected chi connectivity index (χ0v) is 9.74. The summed E-state index contributed by atoms with van der Waals surface area (Å²) in [5.74, 6) is -0.859. The van der Waals surface area contributed by atoms with Crippen LogP contribution in [0, 0.1) is 5.92 Å². The van der Waals surface area contributed by atoms with Gasteiger partial charge in [-0.25, -0.2) is 13.1 Å². The molecule has 90 valence electrons. The number of hydrogen-bond donors (Lipinski definition) is 2. The van der Waals surface area contributed by atoms with Crippen molar-refractivity contribution < 1.29 is 17.6 Å². The Bertz CT molecular complexity index is 477. The van der Waals surface area contributed by atoms with Crippen LogP contribution in [0.4, 0.5) is 6.01 Å². The van der Waals surface area contributed by atoms with Crippen molar-refractivity contribution in [3.63, 3.8) is 0 Å². The molecular formula is C8H13N3O4S. The zero-order valence-electron chi connectivity index (χ0n) is 8.93. The van der Waals surface area contributed by atoms with Crippen LogP contribution < -0.4 is 10.5 Å². The molecule has 3 N–H and O–H groups in total. The Balaban J connectivity index is 2.77. The molecule has 1 heterocycles. The second-order valence-electron chi connectivity index (χ2n) is 3.68.